The highest BCUT2D eigenvalue weighted by Crippen LogP contribution is 2.30. The van der Waals surface area contributed by atoms with Crippen LogP contribution < -0.4 is 4.90 Å². The molecular formula is C29H28FN5O2S. The molecule has 38 heavy (non-hydrogen) atoms. The van der Waals surface area contributed by atoms with Crippen LogP contribution in [0.3, 0.4) is 0 Å². The summed E-state index contributed by atoms with van der Waals surface area (Å²) >= 11 is 0. The Balaban J connectivity index is 1.32. The molecule has 194 valence electrons. The van der Waals surface area contributed by atoms with E-state index >= 15 is 0 Å². The van der Waals surface area contributed by atoms with Gasteiger partial charge in [-0.15, -0.1) is 0 Å². The van der Waals surface area contributed by atoms with Gasteiger partial charge in [0.2, 0.25) is 10.0 Å². The SMILES string of the molecule is Cn1ccc(S(=O)(=O)N2CCN(c3ccc4c(cnn4-c4ccc(F)cc4)c3)[C@H](Cc3ccccc3)C2)c1. The fourth-order valence-corrected chi connectivity index (χ4v) is 6.73. The van der Waals surface area contributed by atoms with Crippen molar-refractivity contribution in [1.82, 2.24) is 18.7 Å². The summed E-state index contributed by atoms with van der Waals surface area (Å²) in [6.45, 7) is 1.36. The highest BCUT2D eigenvalue weighted by molar-refractivity contribution is 7.89. The molecule has 1 aliphatic rings. The van der Waals surface area contributed by atoms with Gasteiger partial charge in [-0.05, 0) is 60.5 Å². The number of halogens is 1. The summed E-state index contributed by atoms with van der Waals surface area (Å²) in [6.07, 6.45) is 5.94. The molecule has 5 aromatic rings. The van der Waals surface area contributed by atoms with E-state index < -0.39 is 10.0 Å². The van der Waals surface area contributed by atoms with Crippen LogP contribution in [0.15, 0.2) is 102 Å². The molecule has 1 aliphatic heterocycles. The Hall–Kier alpha value is -3.95. The van der Waals surface area contributed by atoms with Crippen LogP contribution in [0.25, 0.3) is 16.6 Å². The van der Waals surface area contributed by atoms with E-state index in [4.69, 9.17) is 0 Å². The summed E-state index contributed by atoms with van der Waals surface area (Å²) in [4.78, 5) is 2.63. The van der Waals surface area contributed by atoms with Gasteiger partial charge in [-0.1, -0.05) is 30.3 Å². The first-order valence-corrected chi connectivity index (χ1v) is 14.0. The summed E-state index contributed by atoms with van der Waals surface area (Å²) in [5, 5.41) is 5.50. The lowest BCUT2D eigenvalue weighted by molar-refractivity contribution is 0.330. The Labute approximate surface area is 221 Å². The Morgan fingerprint density at radius 2 is 1.71 bits per heavy atom. The van der Waals surface area contributed by atoms with E-state index in [0.29, 0.717) is 31.0 Å². The first-order chi connectivity index (χ1) is 18.4. The van der Waals surface area contributed by atoms with E-state index in [2.05, 4.69) is 34.3 Å². The van der Waals surface area contributed by atoms with E-state index in [1.807, 2.05) is 37.5 Å². The van der Waals surface area contributed by atoms with Gasteiger partial charge < -0.3 is 9.47 Å². The van der Waals surface area contributed by atoms with Crippen LogP contribution in [0.1, 0.15) is 5.56 Å². The molecular weight excluding hydrogens is 501 g/mol. The molecule has 1 atom stereocenters. The van der Waals surface area contributed by atoms with Gasteiger partial charge in [-0.3, -0.25) is 0 Å². The van der Waals surface area contributed by atoms with Crippen LogP contribution in [0.5, 0.6) is 0 Å². The molecule has 0 N–H and O–H groups in total. The van der Waals surface area contributed by atoms with Gasteiger partial charge in [0, 0.05) is 56.2 Å². The largest absolute Gasteiger partial charge is 0.366 e. The van der Waals surface area contributed by atoms with Gasteiger partial charge in [0.25, 0.3) is 0 Å². The van der Waals surface area contributed by atoms with E-state index in [9.17, 15) is 12.8 Å². The maximum Gasteiger partial charge on any atom is 0.244 e. The van der Waals surface area contributed by atoms with Gasteiger partial charge in [-0.2, -0.15) is 9.40 Å². The second-order valence-corrected chi connectivity index (χ2v) is 11.6. The van der Waals surface area contributed by atoms with Gasteiger partial charge >= 0.3 is 0 Å². The molecule has 0 saturated carbocycles. The third kappa shape index (κ3) is 4.59. The second kappa shape index (κ2) is 9.74. The summed E-state index contributed by atoms with van der Waals surface area (Å²) in [6, 6.07) is 24.2. The summed E-state index contributed by atoms with van der Waals surface area (Å²) in [5.74, 6) is -0.287. The third-order valence-electron chi connectivity index (χ3n) is 7.16. The average molecular weight is 530 g/mol. The number of sulfonamides is 1. The fraction of sp³-hybridized carbons (Fsp3) is 0.207. The lowest BCUT2D eigenvalue weighted by Crippen LogP contribution is -2.55. The van der Waals surface area contributed by atoms with E-state index in [0.717, 1.165) is 27.8 Å². The minimum absolute atomic E-state index is 0.0470. The van der Waals surface area contributed by atoms with Crippen molar-refractivity contribution in [2.24, 2.45) is 7.05 Å². The number of aryl methyl sites for hydroxylation is 1. The molecule has 1 fully saturated rings. The quantitative estimate of drug-likeness (QED) is 0.322. The maximum absolute atomic E-state index is 13.4. The van der Waals surface area contributed by atoms with Crippen molar-refractivity contribution in [2.45, 2.75) is 17.4 Å². The van der Waals surface area contributed by atoms with Crippen molar-refractivity contribution in [1.29, 1.82) is 0 Å². The zero-order valence-corrected chi connectivity index (χ0v) is 21.8. The topological polar surface area (TPSA) is 63.4 Å². The molecule has 3 heterocycles. The highest BCUT2D eigenvalue weighted by atomic mass is 32.2. The van der Waals surface area contributed by atoms with Crippen molar-refractivity contribution in [3.63, 3.8) is 0 Å². The first kappa shape index (κ1) is 24.4. The summed E-state index contributed by atoms with van der Waals surface area (Å²) in [5.41, 5.74) is 3.89. The number of hydrogen-bond acceptors (Lipinski definition) is 4. The van der Waals surface area contributed by atoms with Crippen LogP contribution in [-0.4, -0.2) is 52.7 Å². The van der Waals surface area contributed by atoms with Gasteiger partial charge in [0.05, 0.1) is 22.3 Å². The number of rotatable bonds is 6. The summed E-state index contributed by atoms with van der Waals surface area (Å²) in [7, 11) is -1.77. The van der Waals surface area contributed by atoms with Crippen molar-refractivity contribution >= 4 is 26.6 Å². The van der Waals surface area contributed by atoms with Gasteiger partial charge in [0.15, 0.2) is 0 Å². The molecule has 0 bridgehead atoms. The molecule has 0 radical (unpaired) electrons. The molecule has 9 heteroatoms. The molecule has 1 saturated heterocycles. The molecule has 0 spiro atoms. The summed E-state index contributed by atoms with van der Waals surface area (Å²) < 4.78 is 45.4. The number of nitrogens with zero attached hydrogens (tertiary/aromatic N) is 5. The van der Waals surface area contributed by atoms with E-state index in [-0.39, 0.29) is 11.9 Å². The van der Waals surface area contributed by atoms with Gasteiger partial charge in [-0.25, -0.2) is 17.5 Å². The lowest BCUT2D eigenvalue weighted by atomic mass is 10.0. The number of fused-ring (bicyclic) bond motifs is 1. The highest BCUT2D eigenvalue weighted by Gasteiger charge is 2.35. The number of piperazine rings is 1. The van der Waals surface area contributed by atoms with Crippen LogP contribution >= 0.6 is 0 Å². The molecule has 3 aromatic carbocycles. The monoisotopic (exact) mass is 529 g/mol. The zero-order chi connectivity index (χ0) is 26.3. The van der Waals surface area contributed by atoms with Crippen LogP contribution in [-0.2, 0) is 23.5 Å². The second-order valence-electron chi connectivity index (χ2n) is 9.69. The predicted octanol–water partition coefficient (Wildman–Crippen LogP) is 4.63. The Morgan fingerprint density at radius 3 is 2.45 bits per heavy atom. The van der Waals surface area contributed by atoms with Crippen LogP contribution in [0.4, 0.5) is 10.1 Å². The third-order valence-corrected chi connectivity index (χ3v) is 9.01. The smallest absolute Gasteiger partial charge is 0.244 e. The van der Waals surface area contributed by atoms with Crippen molar-refractivity contribution in [2.75, 3.05) is 24.5 Å². The molecule has 0 unspecified atom stereocenters. The Bertz CT molecular complexity index is 1680. The zero-order valence-electron chi connectivity index (χ0n) is 21.0. The molecule has 6 rings (SSSR count). The van der Waals surface area contributed by atoms with Crippen molar-refractivity contribution < 1.29 is 12.8 Å². The number of aromatic nitrogens is 3. The number of hydrogen-bond donors (Lipinski definition) is 0. The minimum Gasteiger partial charge on any atom is -0.366 e. The molecule has 0 aliphatic carbocycles. The Kier molecular flexibility index (Phi) is 6.25. The van der Waals surface area contributed by atoms with E-state index in [1.54, 1.807) is 44.1 Å². The standard InChI is InChI=1S/C29H28FN5O2S/c1-32-14-13-28(21-32)38(36,37)33-15-16-34(27(20-33)17-22-5-3-2-4-6-22)26-11-12-29-23(18-26)19-31-35(29)25-9-7-24(30)8-10-25/h2-14,18-19,21,27H,15-17,20H2,1H3/t27-/m1/s1. The van der Waals surface area contributed by atoms with Crippen LogP contribution in [0.2, 0.25) is 0 Å². The van der Waals surface area contributed by atoms with Crippen molar-refractivity contribution in [3.8, 4) is 5.69 Å². The Morgan fingerprint density at radius 1 is 0.947 bits per heavy atom. The van der Waals surface area contributed by atoms with Crippen LogP contribution in [0, 0.1) is 5.82 Å². The average Bonchev–Trinajstić information content (AvgIpc) is 3.56. The first-order valence-electron chi connectivity index (χ1n) is 12.5. The van der Waals surface area contributed by atoms with Crippen molar-refractivity contribution in [3.05, 3.63) is 109 Å². The minimum atomic E-state index is -3.59. The molecule has 2 aromatic heterocycles. The number of anilines is 1. The van der Waals surface area contributed by atoms with Gasteiger partial charge in [0.1, 0.15) is 5.82 Å². The molecule has 0 amide bonds. The predicted molar refractivity (Wildman–Crippen MR) is 146 cm³/mol. The fourth-order valence-electron chi connectivity index (χ4n) is 5.21. The lowest BCUT2D eigenvalue weighted by Gasteiger charge is -2.42. The number of benzene rings is 3. The maximum atomic E-state index is 13.4. The normalized spacial score (nSPS) is 16.8. The van der Waals surface area contributed by atoms with E-state index in [1.165, 1.54) is 12.1 Å². The molecule has 7 nitrogen and oxygen atoms in total.